The molecule has 1 amide bonds. The summed E-state index contributed by atoms with van der Waals surface area (Å²) in [5.74, 6) is 0.215. The molecule has 7 heteroatoms. The number of aromatic nitrogens is 1. The second-order valence-corrected chi connectivity index (χ2v) is 8.67. The zero-order chi connectivity index (χ0) is 21.2. The number of Topliss-reactive ketones (excluding diaryl/α,β-unsaturated/α-hetero) is 1. The second kappa shape index (κ2) is 8.41. The fourth-order valence-corrected chi connectivity index (χ4v) is 3.72. The largest absolute Gasteiger partial charge is 0.493 e. The van der Waals surface area contributed by atoms with Crippen LogP contribution in [0.5, 0.6) is 5.75 Å². The Kier molecular flexibility index (Phi) is 6.13. The molecule has 154 valence electrons. The van der Waals surface area contributed by atoms with Crippen molar-refractivity contribution in [1.82, 2.24) is 9.88 Å². The van der Waals surface area contributed by atoms with E-state index in [4.69, 9.17) is 16.3 Å². The lowest BCUT2D eigenvalue weighted by molar-refractivity contribution is 0.0786. The molecule has 0 atom stereocenters. The predicted molar refractivity (Wildman–Crippen MR) is 112 cm³/mol. The Bertz CT molecular complexity index is 997. The van der Waals surface area contributed by atoms with Gasteiger partial charge in [-0.3, -0.25) is 14.4 Å². The zero-order valence-corrected chi connectivity index (χ0v) is 17.6. The monoisotopic (exact) mass is 416 g/mol. The molecule has 1 aliphatic carbocycles. The fourth-order valence-electron chi connectivity index (χ4n) is 3.54. The lowest BCUT2D eigenvalue weighted by Crippen LogP contribution is -2.36. The third kappa shape index (κ3) is 5.07. The van der Waals surface area contributed by atoms with E-state index in [0.717, 1.165) is 0 Å². The van der Waals surface area contributed by atoms with Gasteiger partial charge >= 0.3 is 0 Å². The smallest absolute Gasteiger partial charge is 0.261 e. The van der Waals surface area contributed by atoms with Gasteiger partial charge in [-0.2, -0.15) is 0 Å². The maximum absolute atomic E-state index is 12.7. The van der Waals surface area contributed by atoms with E-state index in [1.165, 1.54) is 11.0 Å². The summed E-state index contributed by atoms with van der Waals surface area (Å²) in [6.07, 6.45) is 1.59. The molecule has 0 fully saturated rings. The minimum atomic E-state index is -0.457. The first kappa shape index (κ1) is 21.1. The van der Waals surface area contributed by atoms with Crippen LogP contribution >= 0.6 is 11.6 Å². The van der Waals surface area contributed by atoms with Crippen molar-refractivity contribution >= 4 is 23.3 Å². The molecule has 3 rings (SSSR count). The van der Waals surface area contributed by atoms with Gasteiger partial charge in [0.15, 0.2) is 5.78 Å². The number of amides is 1. The second-order valence-electron chi connectivity index (χ2n) is 8.23. The van der Waals surface area contributed by atoms with Crippen LogP contribution in [0, 0.1) is 5.41 Å². The molecular weight excluding hydrogens is 392 g/mol. The quantitative estimate of drug-likeness (QED) is 0.728. The summed E-state index contributed by atoms with van der Waals surface area (Å²) in [7, 11) is 1.63. The first-order chi connectivity index (χ1) is 13.7. The number of benzene rings is 1. The highest BCUT2D eigenvalue weighted by atomic mass is 35.5. The van der Waals surface area contributed by atoms with Crippen LogP contribution in [-0.2, 0) is 6.42 Å². The summed E-state index contributed by atoms with van der Waals surface area (Å²) in [6.45, 7) is 4.80. The van der Waals surface area contributed by atoms with Crippen LogP contribution in [0.15, 0.2) is 35.1 Å². The molecular formula is C22H25ClN2O4. The lowest BCUT2D eigenvalue weighted by atomic mass is 9.75. The number of nitrogens with one attached hydrogen (secondary N) is 1. The van der Waals surface area contributed by atoms with Crippen LogP contribution < -0.4 is 10.3 Å². The number of ketones is 1. The topological polar surface area (TPSA) is 79.5 Å². The van der Waals surface area contributed by atoms with Crippen LogP contribution in [-0.4, -0.2) is 41.8 Å². The Labute approximate surface area is 174 Å². The Morgan fingerprint density at radius 2 is 2.00 bits per heavy atom. The Morgan fingerprint density at radius 3 is 2.72 bits per heavy atom. The third-order valence-electron chi connectivity index (χ3n) is 5.00. The molecule has 6 nitrogen and oxygen atoms in total. The number of pyridine rings is 1. The van der Waals surface area contributed by atoms with Gasteiger partial charge in [0.1, 0.15) is 11.3 Å². The number of carbonyl (C=O) groups is 2. The van der Waals surface area contributed by atoms with E-state index in [2.05, 4.69) is 4.98 Å². The number of ether oxygens (including phenoxy) is 1. The van der Waals surface area contributed by atoms with E-state index in [-0.39, 0.29) is 16.8 Å². The van der Waals surface area contributed by atoms with Crippen molar-refractivity contribution in [3.63, 3.8) is 0 Å². The van der Waals surface area contributed by atoms with Gasteiger partial charge in [-0.1, -0.05) is 31.5 Å². The molecule has 0 radical (unpaired) electrons. The van der Waals surface area contributed by atoms with Crippen LogP contribution in [0.4, 0.5) is 0 Å². The Morgan fingerprint density at radius 1 is 1.24 bits per heavy atom. The average molecular weight is 417 g/mol. The van der Waals surface area contributed by atoms with Gasteiger partial charge in [0.25, 0.3) is 11.5 Å². The third-order valence-corrected chi connectivity index (χ3v) is 5.23. The number of H-pyrrole nitrogens is 1. The Hall–Kier alpha value is -2.60. The highest BCUT2D eigenvalue weighted by Crippen LogP contribution is 2.33. The minimum absolute atomic E-state index is 0.00457. The van der Waals surface area contributed by atoms with Gasteiger partial charge in [0, 0.05) is 36.3 Å². The summed E-state index contributed by atoms with van der Waals surface area (Å²) in [5, 5.41) is 0.597. The van der Waals surface area contributed by atoms with Crippen LogP contribution in [0.1, 0.15) is 53.1 Å². The number of halogens is 1. The summed E-state index contributed by atoms with van der Waals surface area (Å²) < 4.78 is 5.62. The van der Waals surface area contributed by atoms with E-state index in [9.17, 15) is 14.4 Å². The minimum Gasteiger partial charge on any atom is -0.493 e. The van der Waals surface area contributed by atoms with Gasteiger partial charge in [-0.15, -0.1) is 0 Å². The van der Waals surface area contributed by atoms with Gasteiger partial charge in [0.2, 0.25) is 0 Å². The van der Waals surface area contributed by atoms with Crippen LogP contribution in [0.2, 0.25) is 5.02 Å². The van der Waals surface area contributed by atoms with E-state index in [1.54, 1.807) is 25.2 Å². The van der Waals surface area contributed by atoms with Crippen molar-refractivity contribution in [3.05, 3.63) is 62.5 Å². The lowest BCUT2D eigenvalue weighted by Gasteiger charge is -2.30. The highest BCUT2D eigenvalue weighted by Gasteiger charge is 2.33. The summed E-state index contributed by atoms with van der Waals surface area (Å²) in [5.41, 5.74) is 0.407. The number of fused-ring (bicyclic) bond motifs is 1. The van der Waals surface area contributed by atoms with Crippen molar-refractivity contribution in [3.8, 4) is 5.75 Å². The van der Waals surface area contributed by atoms with Crippen molar-refractivity contribution in [1.29, 1.82) is 0 Å². The van der Waals surface area contributed by atoms with Gasteiger partial charge in [-0.25, -0.2) is 0 Å². The van der Waals surface area contributed by atoms with Crippen molar-refractivity contribution in [2.45, 2.75) is 33.1 Å². The van der Waals surface area contributed by atoms with Crippen molar-refractivity contribution in [2.75, 3.05) is 20.2 Å². The van der Waals surface area contributed by atoms with Gasteiger partial charge in [-0.05, 0) is 42.5 Å². The molecule has 0 aliphatic heterocycles. The van der Waals surface area contributed by atoms with E-state index in [0.29, 0.717) is 54.4 Å². The molecule has 1 heterocycles. The SMILES string of the molecule is CN(CCCOc1cccc(Cl)c1)C(=O)c1cc2c([nH]c1=O)CC(C)(C)CC2=O. The molecule has 1 aliphatic rings. The molecule has 29 heavy (non-hydrogen) atoms. The zero-order valence-electron chi connectivity index (χ0n) is 16.9. The molecule has 1 aromatic heterocycles. The number of hydrogen-bond acceptors (Lipinski definition) is 4. The molecule has 0 bridgehead atoms. The number of hydrogen-bond donors (Lipinski definition) is 1. The van der Waals surface area contributed by atoms with E-state index < -0.39 is 11.5 Å². The molecule has 1 aromatic carbocycles. The van der Waals surface area contributed by atoms with Crippen LogP contribution in [0.3, 0.4) is 0 Å². The maximum atomic E-state index is 12.7. The number of rotatable bonds is 6. The molecule has 1 N–H and O–H groups in total. The predicted octanol–water partition coefficient (Wildman–Crippen LogP) is 3.72. The number of carbonyl (C=O) groups excluding carboxylic acids is 2. The summed E-state index contributed by atoms with van der Waals surface area (Å²) in [6, 6.07) is 8.56. The van der Waals surface area contributed by atoms with Gasteiger partial charge in [0.05, 0.1) is 6.61 Å². The Balaban J connectivity index is 1.63. The van der Waals surface area contributed by atoms with Crippen molar-refractivity contribution < 1.29 is 14.3 Å². The maximum Gasteiger partial charge on any atom is 0.261 e. The van der Waals surface area contributed by atoms with E-state index in [1.807, 2.05) is 19.9 Å². The normalized spacial score (nSPS) is 15.0. The molecule has 0 unspecified atom stereocenters. The van der Waals surface area contributed by atoms with Gasteiger partial charge < -0.3 is 14.6 Å². The highest BCUT2D eigenvalue weighted by molar-refractivity contribution is 6.30. The van der Waals surface area contributed by atoms with Crippen molar-refractivity contribution in [2.24, 2.45) is 5.41 Å². The molecule has 0 saturated carbocycles. The van der Waals surface area contributed by atoms with E-state index >= 15 is 0 Å². The molecule has 0 spiro atoms. The summed E-state index contributed by atoms with van der Waals surface area (Å²) >= 11 is 5.92. The summed E-state index contributed by atoms with van der Waals surface area (Å²) in [4.78, 5) is 41.9. The molecule has 2 aromatic rings. The first-order valence-electron chi connectivity index (χ1n) is 9.59. The molecule has 0 saturated heterocycles. The first-order valence-corrected chi connectivity index (χ1v) is 9.97. The average Bonchev–Trinajstić information content (AvgIpc) is 2.63. The number of aromatic amines is 1. The number of nitrogens with zero attached hydrogens (tertiary/aromatic N) is 1. The standard InChI is InChI=1S/C22H25ClN2O4/c1-22(2)12-18-16(19(26)13-22)11-17(20(27)24-18)21(28)25(3)8-5-9-29-15-7-4-6-14(23)10-15/h4,6-7,10-11H,5,8-9,12-13H2,1-3H3,(H,24,27). The van der Waals surface area contributed by atoms with Crippen LogP contribution in [0.25, 0.3) is 0 Å². The fraction of sp³-hybridized carbons (Fsp3) is 0.409.